The summed E-state index contributed by atoms with van der Waals surface area (Å²) >= 11 is 0. The number of nitrogens with one attached hydrogen (secondary N) is 1. The zero-order valence-electron chi connectivity index (χ0n) is 11.0. The molecule has 2 unspecified atom stereocenters. The number of carbonyl (C=O) groups excluding carboxylic acids is 1. The van der Waals surface area contributed by atoms with Crippen LogP contribution < -0.4 is 5.32 Å². The molecule has 3 rings (SSSR count). The summed E-state index contributed by atoms with van der Waals surface area (Å²) in [6, 6.07) is 3.52. The number of carbonyl (C=O) groups is 1. The number of hydrogen-bond acceptors (Lipinski definition) is 5. The monoisotopic (exact) mass is 262 g/mol. The molecule has 19 heavy (non-hydrogen) atoms. The summed E-state index contributed by atoms with van der Waals surface area (Å²) in [5, 5.41) is 11.1. The molecule has 0 radical (unpaired) electrons. The molecule has 3 heterocycles. The molecule has 2 bridgehead atoms. The van der Waals surface area contributed by atoms with Gasteiger partial charge in [-0.15, -0.1) is 10.2 Å². The molecular formula is C13H18N4O2. The fourth-order valence-electron chi connectivity index (χ4n) is 2.66. The molecular weight excluding hydrogens is 244 g/mol. The van der Waals surface area contributed by atoms with Crippen LogP contribution >= 0.6 is 0 Å². The number of amides is 1. The number of anilines is 1. The third-order valence-electron chi connectivity index (χ3n) is 3.57. The van der Waals surface area contributed by atoms with Crippen LogP contribution in [0.3, 0.4) is 0 Å². The summed E-state index contributed by atoms with van der Waals surface area (Å²) in [6.45, 7) is 4.12. The second-order valence-corrected chi connectivity index (χ2v) is 5.00. The lowest BCUT2D eigenvalue weighted by Gasteiger charge is -2.31. The lowest BCUT2D eigenvalue weighted by molar-refractivity contribution is -0.0305. The van der Waals surface area contributed by atoms with Crippen LogP contribution in [0, 0.1) is 0 Å². The number of aromatic nitrogens is 2. The van der Waals surface area contributed by atoms with Crippen molar-refractivity contribution >= 4 is 11.7 Å². The van der Waals surface area contributed by atoms with Crippen LogP contribution in [0.25, 0.3) is 0 Å². The average molecular weight is 262 g/mol. The normalized spacial score (nSPS) is 25.4. The molecule has 0 saturated carbocycles. The number of morpholine rings is 1. The van der Waals surface area contributed by atoms with Crippen LogP contribution in [0.5, 0.6) is 0 Å². The van der Waals surface area contributed by atoms with Crippen molar-refractivity contribution in [2.24, 2.45) is 0 Å². The van der Waals surface area contributed by atoms with Crippen molar-refractivity contribution in [2.45, 2.75) is 32.0 Å². The molecule has 2 fully saturated rings. The van der Waals surface area contributed by atoms with Gasteiger partial charge in [0, 0.05) is 19.6 Å². The maximum absolute atomic E-state index is 12.3. The Morgan fingerprint density at radius 2 is 2.11 bits per heavy atom. The van der Waals surface area contributed by atoms with Gasteiger partial charge in [-0.05, 0) is 31.9 Å². The van der Waals surface area contributed by atoms with E-state index in [1.54, 1.807) is 12.1 Å². The van der Waals surface area contributed by atoms with Crippen molar-refractivity contribution < 1.29 is 9.53 Å². The van der Waals surface area contributed by atoms with Gasteiger partial charge < -0.3 is 15.0 Å². The lowest BCUT2D eigenvalue weighted by atomic mass is 10.2. The van der Waals surface area contributed by atoms with Crippen molar-refractivity contribution in [1.29, 1.82) is 0 Å². The Hall–Kier alpha value is -1.69. The summed E-state index contributed by atoms with van der Waals surface area (Å²) in [7, 11) is 0. The Kier molecular flexibility index (Phi) is 3.33. The molecule has 2 aliphatic heterocycles. The van der Waals surface area contributed by atoms with E-state index in [-0.39, 0.29) is 18.1 Å². The van der Waals surface area contributed by atoms with E-state index in [1.165, 1.54) is 0 Å². The molecule has 6 nitrogen and oxygen atoms in total. The molecule has 102 valence electrons. The zero-order chi connectivity index (χ0) is 13.2. The van der Waals surface area contributed by atoms with Crippen LogP contribution in [0.1, 0.15) is 30.3 Å². The summed E-state index contributed by atoms with van der Waals surface area (Å²) in [5.41, 5.74) is 0.406. The molecule has 1 aromatic rings. The highest BCUT2D eigenvalue weighted by Crippen LogP contribution is 2.26. The van der Waals surface area contributed by atoms with Gasteiger partial charge in [0.05, 0.1) is 12.2 Å². The van der Waals surface area contributed by atoms with Crippen molar-refractivity contribution in [2.75, 3.05) is 25.0 Å². The maximum atomic E-state index is 12.3. The Morgan fingerprint density at radius 3 is 2.68 bits per heavy atom. The van der Waals surface area contributed by atoms with Gasteiger partial charge in [-0.1, -0.05) is 0 Å². The molecule has 2 saturated heterocycles. The number of ether oxygens (including phenoxy) is 1. The molecule has 0 spiro atoms. The predicted octanol–water partition coefficient (Wildman–Crippen LogP) is 0.912. The first-order valence-corrected chi connectivity index (χ1v) is 6.78. The van der Waals surface area contributed by atoms with Gasteiger partial charge in [0.15, 0.2) is 5.69 Å². The third kappa shape index (κ3) is 2.53. The van der Waals surface area contributed by atoms with Crippen molar-refractivity contribution in [3.63, 3.8) is 0 Å². The maximum Gasteiger partial charge on any atom is 0.274 e. The van der Waals surface area contributed by atoms with E-state index in [0.29, 0.717) is 24.6 Å². The fraction of sp³-hybridized carbons (Fsp3) is 0.615. The van der Waals surface area contributed by atoms with Gasteiger partial charge in [0.25, 0.3) is 5.91 Å². The first-order valence-electron chi connectivity index (χ1n) is 6.78. The predicted molar refractivity (Wildman–Crippen MR) is 70.0 cm³/mol. The van der Waals surface area contributed by atoms with Gasteiger partial charge in [-0.2, -0.15) is 0 Å². The second-order valence-electron chi connectivity index (χ2n) is 5.00. The Morgan fingerprint density at radius 1 is 1.37 bits per heavy atom. The van der Waals surface area contributed by atoms with E-state index in [1.807, 2.05) is 11.8 Å². The zero-order valence-corrected chi connectivity index (χ0v) is 11.0. The number of rotatable bonds is 3. The van der Waals surface area contributed by atoms with Crippen molar-refractivity contribution in [3.05, 3.63) is 17.8 Å². The molecule has 1 N–H and O–H groups in total. The summed E-state index contributed by atoms with van der Waals surface area (Å²) < 4.78 is 5.72. The fourth-order valence-corrected chi connectivity index (χ4v) is 2.66. The van der Waals surface area contributed by atoms with E-state index >= 15 is 0 Å². The van der Waals surface area contributed by atoms with Crippen LogP contribution in [-0.4, -0.2) is 52.8 Å². The van der Waals surface area contributed by atoms with Crippen LogP contribution in [0.4, 0.5) is 5.82 Å². The molecule has 0 aromatic carbocycles. The Bertz CT molecular complexity index is 450. The second kappa shape index (κ2) is 5.13. The Labute approximate surface area is 112 Å². The highest BCUT2D eigenvalue weighted by Gasteiger charge is 2.36. The number of fused-ring (bicyclic) bond motifs is 2. The van der Waals surface area contributed by atoms with E-state index in [0.717, 1.165) is 19.4 Å². The topological polar surface area (TPSA) is 67.4 Å². The van der Waals surface area contributed by atoms with Gasteiger partial charge in [0.2, 0.25) is 0 Å². The number of likely N-dealkylation sites (tertiary alicyclic amines) is 1. The highest BCUT2D eigenvalue weighted by molar-refractivity contribution is 5.92. The summed E-state index contributed by atoms with van der Waals surface area (Å²) in [5.74, 6) is 0.650. The molecule has 2 atom stereocenters. The van der Waals surface area contributed by atoms with E-state index in [4.69, 9.17) is 4.74 Å². The SMILES string of the molecule is CCNc1ccc(C(=O)N2CC3CCC(C2)O3)nn1. The number of hydrogen-bond donors (Lipinski definition) is 1. The third-order valence-corrected chi connectivity index (χ3v) is 3.57. The van der Waals surface area contributed by atoms with E-state index in [9.17, 15) is 4.79 Å². The van der Waals surface area contributed by atoms with Gasteiger partial charge in [0.1, 0.15) is 5.82 Å². The highest BCUT2D eigenvalue weighted by atomic mass is 16.5. The minimum Gasteiger partial charge on any atom is -0.371 e. The van der Waals surface area contributed by atoms with E-state index < -0.39 is 0 Å². The average Bonchev–Trinajstić information content (AvgIpc) is 2.78. The molecule has 6 heteroatoms. The van der Waals surface area contributed by atoms with Crippen LogP contribution in [-0.2, 0) is 4.74 Å². The number of nitrogens with zero attached hydrogens (tertiary/aromatic N) is 3. The molecule has 1 aromatic heterocycles. The lowest BCUT2D eigenvalue weighted by Crippen LogP contribution is -2.46. The summed E-state index contributed by atoms with van der Waals surface area (Å²) in [6.07, 6.45) is 2.52. The minimum atomic E-state index is -0.0456. The summed E-state index contributed by atoms with van der Waals surface area (Å²) in [4.78, 5) is 14.2. The van der Waals surface area contributed by atoms with Gasteiger partial charge in [-0.25, -0.2) is 0 Å². The first-order chi connectivity index (χ1) is 9.26. The largest absolute Gasteiger partial charge is 0.371 e. The quantitative estimate of drug-likeness (QED) is 0.877. The van der Waals surface area contributed by atoms with Crippen molar-refractivity contribution in [1.82, 2.24) is 15.1 Å². The smallest absolute Gasteiger partial charge is 0.274 e. The molecule has 0 aliphatic carbocycles. The Balaban J connectivity index is 1.69. The first kappa shape index (κ1) is 12.3. The van der Waals surface area contributed by atoms with Crippen LogP contribution in [0.15, 0.2) is 12.1 Å². The minimum absolute atomic E-state index is 0.0456. The van der Waals surface area contributed by atoms with E-state index in [2.05, 4.69) is 15.5 Å². The van der Waals surface area contributed by atoms with Gasteiger partial charge in [-0.3, -0.25) is 4.79 Å². The van der Waals surface area contributed by atoms with Crippen molar-refractivity contribution in [3.8, 4) is 0 Å². The van der Waals surface area contributed by atoms with Crippen LogP contribution in [0.2, 0.25) is 0 Å². The molecule has 1 amide bonds. The standard InChI is InChI=1S/C13H18N4O2/c1-2-14-12-6-5-11(15-16-12)13(18)17-7-9-3-4-10(8-17)19-9/h5-6,9-10H,2-4,7-8H2,1H3,(H,14,16). The molecule has 2 aliphatic rings. The van der Waals surface area contributed by atoms with Gasteiger partial charge >= 0.3 is 0 Å².